The molecule has 0 rings (SSSR count). The first-order valence-electron chi connectivity index (χ1n) is 5.52. The zero-order valence-electron chi connectivity index (χ0n) is 10.4. The molecule has 1 amide bonds. The molecule has 0 aliphatic rings. The first-order chi connectivity index (χ1) is 7.13. The van der Waals surface area contributed by atoms with Gasteiger partial charge in [0.05, 0.1) is 0 Å². The highest BCUT2D eigenvalue weighted by molar-refractivity contribution is 7.98. The van der Waals surface area contributed by atoms with Crippen LogP contribution in [0.3, 0.4) is 0 Å². The minimum atomic E-state index is 0.263. The van der Waals surface area contributed by atoms with Gasteiger partial charge in [0.25, 0.3) is 0 Å². The van der Waals surface area contributed by atoms with Crippen LogP contribution in [0.2, 0.25) is 0 Å². The molecule has 0 aromatic rings. The number of hydrogen-bond donors (Lipinski definition) is 1. The fourth-order valence-electron chi connectivity index (χ4n) is 1.32. The summed E-state index contributed by atoms with van der Waals surface area (Å²) in [6, 6.07) is 0.361. The molecule has 0 aromatic heterocycles. The van der Waals surface area contributed by atoms with Crippen LogP contribution in [0.25, 0.3) is 0 Å². The molecule has 0 saturated heterocycles. The van der Waals surface area contributed by atoms with E-state index in [2.05, 4.69) is 18.5 Å². The Morgan fingerprint density at radius 3 is 2.73 bits per heavy atom. The van der Waals surface area contributed by atoms with E-state index in [-0.39, 0.29) is 5.91 Å². The second-order valence-corrected chi connectivity index (χ2v) is 4.83. The van der Waals surface area contributed by atoms with Gasteiger partial charge in [-0.3, -0.25) is 4.79 Å². The largest absolute Gasteiger partial charge is 0.343 e. The zero-order chi connectivity index (χ0) is 11.7. The summed E-state index contributed by atoms with van der Waals surface area (Å²) in [5, 5.41) is 3.05. The summed E-state index contributed by atoms with van der Waals surface area (Å²) in [4.78, 5) is 13.6. The molecule has 0 saturated carbocycles. The maximum Gasteiger partial charge on any atom is 0.222 e. The van der Waals surface area contributed by atoms with Crippen molar-refractivity contribution < 1.29 is 4.79 Å². The maximum absolute atomic E-state index is 11.7. The van der Waals surface area contributed by atoms with Crippen LogP contribution in [0.5, 0.6) is 0 Å². The molecule has 1 unspecified atom stereocenters. The minimum Gasteiger partial charge on any atom is -0.343 e. The van der Waals surface area contributed by atoms with Gasteiger partial charge in [-0.05, 0) is 45.4 Å². The number of amides is 1. The number of thioether (sulfide) groups is 1. The summed E-state index contributed by atoms with van der Waals surface area (Å²) >= 11 is 1.83. The smallest absolute Gasteiger partial charge is 0.222 e. The number of rotatable bonds is 8. The molecule has 15 heavy (non-hydrogen) atoms. The molecule has 0 heterocycles. The molecule has 3 nitrogen and oxygen atoms in total. The minimum absolute atomic E-state index is 0.263. The van der Waals surface area contributed by atoms with Crippen molar-refractivity contribution in [2.45, 2.75) is 32.2 Å². The van der Waals surface area contributed by atoms with E-state index in [0.29, 0.717) is 12.5 Å². The summed E-state index contributed by atoms with van der Waals surface area (Å²) in [6.07, 6.45) is 4.76. The van der Waals surface area contributed by atoms with Crippen LogP contribution >= 0.6 is 11.8 Å². The molecule has 0 aliphatic heterocycles. The van der Waals surface area contributed by atoms with Gasteiger partial charge in [-0.15, -0.1) is 0 Å². The fourth-order valence-corrected chi connectivity index (χ4v) is 1.90. The highest BCUT2D eigenvalue weighted by atomic mass is 32.2. The van der Waals surface area contributed by atoms with Gasteiger partial charge in [-0.2, -0.15) is 11.8 Å². The summed E-state index contributed by atoms with van der Waals surface area (Å²) in [5.41, 5.74) is 0. The Kier molecular flexibility index (Phi) is 8.91. The second kappa shape index (κ2) is 9.04. The predicted molar refractivity (Wildman–Crippen MR) is 68.4 cm³/mol. The van der Waals surface area contributed by atoms with Crippen LogP contribution in [0.15, 0.2) is 0 Å². The van der Waals surface area contributed by atoms with Crippen molar-refractivity contribution in [2.75, 3.05) is 32.6 Å². The third-order valence-corrected chi connectivity index (χ3v) is 3.26. The normalized spacial score (nSPS) is 12.5. The number of carbonyl (C=O) groups excluding carboxylic acids is 1. The van der Waals surface area contributed by atoms with Crippen molar-refractivity contribution in [2.24, 2.45) is 0 Å². The van der Waals surface area contributed by atoms with Gasteiger partial charge in [-0.1, -0.05) is 0 Å². The zero-order valence-corrected chi connectivity index (χ0v) is 11.2. The van der Waals surface area contributed by atoms with Gasteiger partial charge in [0.2, 0.25) is 5.91 Å². The van der Waals surface area contributed by atoms with Crippen molar-refractivity contribution in [3.63, 3.8) is 0 Å². The monoisotopic (exact) mass is 232 g/mol. The third-order valence-electron chi connectivity index (χ3n) is 2.61. The van der Waals surface area contributed by atoms with E-state index in [9.17, 15) is 4.79 Å². The van der Waals surface area contributed by atoms with Gasteiger partial charge in [0.15, 0.2) is 0 Å². The van der Waals surface area contributed by atoms with Crippen LogP contribution in [-0.4, -0.2) is 49.5 Å². The molecular formula is C11H24N2OS. The number of hydrogen-bond acceptors (Lipinski definition) is 3. The van der Waals surface area contributed by atoms with Crippen LogP contribution in [0.4, 0.5) is 0 Å². The summed E-state index contributed by atoms with van der Waals surface area (Å²) in [5.74, 6) is 1.38. The van der Waals surface area contributed by atoms with Crippen LogP contribution in [-0.2, 0) is 4.79 Å². The van der Waals surface area contributed by atoms with Gasteiger partial charge in [-0.25, -0.2) is 0 Å². The van der Waals surface area contributed by atoms with Crippen molar-refractivity contribution in [3.05, 3.63) is 0 Å². The molecule has 0 radical (unpaired) electrons. The highest BCUT2D eigenvalue weighted by Gasteiger charge is 2.14. The van der Waals surface area contributed by atoms with E-state index in [1.54, 1.807) is 0 Å². The van der Waals surface area contributed by atoms with Crippen molar-refractivity contribution >= 4 is 17.7 Å². The molecule has 0 fully saturated rings. The van der Waals surface area contributed by atoms with Gasteiger partial charge in [0.1, 0.15) is 0 Å². The molecule has 0 aromatic carbocycles. The number of carbonyl (C=O) groups is 1. The van der Waals surface area contributed by atoms with E-state index in [4.69, 9.17) is 0 Å². The van der Waals surface area contributed by atoms with E-state index >= 15 is 0 Å². The first-order valence-corrected chi connectivity index (χ1v) is 6.92. The van der Waals surface area contributed by atoms with Crippen molar-refractivity contribution in [1.29, 1.82) is 0 Å². The van der Waals surface area contributed by atoms with Gasteiger partial charge in [0, 0.05) is 19.5 Å². The maximum atomic E-state index is 11.7. The lowest BCUT2D eigenvalue weighted by Gasteiger charge is -2.24. The van der Waals surface area contributed by atoms with Gasteiger partial charge >= 0.3 is 0 Å². The Hall–Kier alpha value is -0.220. The van der Waals surface area contributed by atoms with E-state index in [0.717, 1.165) is 25.1 Å². The lowest BCUT2D eigenvalue weighted by atomic mass is 10.2. The molecule has 0 spiro atoms. The van der Waals surface area contributed by atoms with Crippen LogP contribution in [0.1, 0.15) is 26.2 Å². The van der Waals surface area contributed by atoms with E-state index in [1.807, 2.05) is 30.8 Å². The Morgan fingerprint density at radius 2 is 2.20 bits per heavy atom. The standard InChI is InChI=1S/C11H24N2OS/c1-10(7-9-15-4)13(3)11(14)6-5-8-12-2/h10,12H,5-9H2,1-4H3. The van der Waals surface area contributed by atoms with E-state index < -0.39 is 0 Å². The molecule has 4 heteroatoms. The molecular weight excluding hydrogens is 208 g/mol. The third kappa shape index (κ3) is 6.79. The average Bonchev–Trinajstić information content (AvgIpc) is 2.24. The number of nitrogens with zero attached hydrogens (tertiary/aromatic N) is 1. The SMILES string of the molecule is CNCCCC(=O)N(C)C(C)CCSC. The molecule has 0 aliphatic carbocycles. The van der Waals surface area contributed by atoms with Gasteiger partial charge < -0.3 is 10.2 Å². The Labute approximate surface area is 98.0 Å². The summed E-state index contributed by atoms with van der Waals surface area (Å²) in [6.45, 7) is 3.03. The quantitative estimate of drug-likeness (QED) is 0.645. The molecule has 1 N–H and O–H groups in total. The second-order valence-electron chi connectivity index (χ2n) is 3.84. The topological polar surface area (TPSA) is 32.3 Å². The molecule has 90 valence electrons. The highest BCUT2D eigenvalue weighted by Crippen LogP contribution is 2.07. The Balaban J connectivity index is 3.75. The number of nitrogens with one attached hydrogen (secondary N) is 1. The van der Waals surface area contributed by atoms with Crippen molar-refractivity contribution in [3.8, 4) is 0 Å². The fraction of sp³-hybridized carbons (Fsp3) is 0.909. The Morgan fingerprint density at radius 1 is 1.53 bits per heavy atom. The van der Waals surface area contributed by atoms with Crippen molar-refractivity contribution in [1.82, 2.24) is 10.2 Å². The summed E-state index contributed by atoms with van der Waals surface area (Å²) < 4.78 is 0. The Bertz CT molecular complexity index is 176. The van der Waals surface area contributed by atoms with Crippen LogP contribution < -0.4 is 5.32 Å². The first kappa shape index (κ1) is 14.8. The van der Waals surface area contributed by atoms with E-state index in [1.165, 1.54) is 0 Å². The average molecular weight is 232 g/mol. The predicted octanol–water partition coefficient (Wildman–Crippen LogP) is 1.59. The summed E-state index contributed by atoms with van der Waals surface area (Å²) in [7, 11) is 3.82. The lowest BCUT2D eigenvalue weighted by Crippen LogP contribution is -2.35. The molecule has 0 bridgehead atoms. The van der Waals surface area contributed by atoms with Crippen LogP contribution in [0, 0.1) is 0 Å². The molecule has 1 atom stereocenters. The lowest BCUT2D eigenvalue weighted by molar-refractivity contribution is -0.131.